The third kappa shape index (κ3) is 3.16. The van der Waals surface area contributed by atoms with Gasteiger partial charge in [-0.1, -0.05) is 79.8 Å². The molecule has 3 aromatic carbocycles. The lowest BCUT2D eigenvalue weighted by molar-refractivity contribution is 0.00578. The van der Waals surface area contributed by atoms with E-state index in [9.17, 15) is 6.85 Å². The van der Waals surface area contributed by atoms with Crippen molar-refractivity contribution >= 4 is 12.6 Å². The third-order valence-electron chi connectivity index (χ3n) is 7.60. The second-order valence-corrected chi connectivity index (χ2v) is 10.1. The summed E-state index contributed by atoms with van der Waals surface area (Å²) in [6.45, 7) is 7.47. The highest BCUT2D eigenvalue weighted by Crippen LogP contribution is 2.56. The van der Waals surface area contributed by atoms with Gasteiger partial charge in [0.25, 0.3) is 0 Å². The fraction of sp³-hybridized carbons (Fsp3) is 0.400. The molecule has 2 fully saturated rings. The molecule has 0 atom stereocenters. The van der Waals surface area contributed by atoms with Gasteiger partial charge in [-0.3, -0.25) is 0 Å². The van der Waals surface area contributed by atoms with E-state index in [1.54, 1.807) is 12.1 Å². The van der Waals surface area contributed by atoms with Crippen molar-refractivity contribution in [1.82, 2.24) is 0 Å². The monoisotopic (exact) mass is 444 g/mol. The smallest absolute Gasteiger partial charge is 0.399 e. The second kappa shape index (κ2) is 7.32. The van der Waals surface area contributed by atoms with E-state index in [0.717, 1.165) is 11.1 Å². The van der Waals surface area contributed by atoms with Gasteiger partial charge in [-0.2, -0.15) is 0 Å². The lowest BCUT2D eigenvalue weighted by Gasteiger charge is -2.36. The van der Waals surface area contributed by atoms with Gasteiger partial charge in [0, 0.05) is 10.9 Å². The molecule has 2 nitrogen and oxygen atoms in total. The first-order chi connectivity index (χ1) is 19.0. The van der Waals surface area contributed by atoms with Crippen molar-refractivity contribution in [3.63, 3.8) is 0 Å². The Bertz CT molecular complexity index is 1570. The van der Waals surface area contributed by atoms with Crippen LogP contribution in [-0.4, -0.2) is 18.3 Å². The average molecular weight is 444 g/mol. The van der Waals surface area contributed by atoms with Gasteiger partial charge in [-0.25, -0.2) is 0 Å². The van der Waals surface area contributed by atoms with Gasteiger partial charge < -0.3 is 9.31 Å². The fourth-order valence-electron chi connectivity index (χ4n) is 5.10. The summed E-state index contributed by atoms with van der Waals surface area (Å²) in [5.74, 6) is 0. The van der Waals surface area contributed by atoms with E-state index in [1.165, 1.54) is 0 Å². The number of hydrogen-bond acceptors (Lipinski definition) is 2. The molecule has 1 saturated heterocycles. The number of rotatable bonds is 2. The summed E-state index contributed by atoms with van der Waals surface area (Å²) in [6.07, 6.45) is -2.97. The molecule has 0 unspecified atom stereocenters. The molecule has 1 spiro atoms. The van der Waals surface area contributed by atoms with Crippen molar-refractivity contribution in [2.75, 3.05) is 0 Å². The minimum absolute atomic E-state index is 0.0708. The van der Waals surface area contributed by atoms with E-state index < -0.39 is 36.5 Å². The quantitative estimate of drug-likeness (QED) is 0.401. The molecular formula is C30H33BO2. The molecule has 0 radical (unpaired) electrons. The Morgan fingerprint density at radius 2 is 1.52 bits per heavy atom. The lowest BCUT2D eigenvalue weighted by atomic mass is 9.67. The van der Waals surface area contributed by atoms with E-state index in [-0.39, 0.29) is 48.0 Å². The van der Waals surface area contributed by atoms with E-state index >= 15 is 0 Å². The maximum Gasteiger partial charge on any atom is 0.494 e. The zero-order chi connectivity index (χ0) is 29.9. The Morgan fingerprint density at radius 3 is 2.27 bits per heavy atom. The van der Waals surface area contributed by atoms with Gasteiger partial charge in [0.15, 0.2) is 0 Å². The number of hydrogen-bond donors (Lipinski definition) is 0. The van der Waals surface area contributed by atoms with Gasteiger partial charge in [0.1, 0.15) is 0 Å². The Hall–Kier alpha value is -2.36. The van der Waals surface area contributed by atoms with Crippen molar-refractivity contribution in [2.24, 2.45) is 0 Å². The maximum absolute atomic E-state index is 9.20. The molecular weight excluding hydrogens is 403 g/mol. The molecule has 3 aromatic rings. The molecule has 1 aliphatic heterocycles. The van der Waals surface area contributed by atoms with Crippen molar-refractivity contribution in [3.8, 4) is 22.3 Å². The molecule has 1 heterocycles. The molecule has 0 aromatic heterocycles. The molecule has 3 heteroatoms. The molecule has 33 heavy (non-hydrogen) atoms. The normalized spacial score (nSPS) is 28.3. The summed E-state index contributed by atoms with van der Waals surface area (Å²) in [6, 6.07) is 11.5. The molecule has 0 bridgehead atoms. The van der Waals surface area contributed by atoms with Gasteiger partial charge in [0.05, 0.1) is 16.7 Å². The molecule has 1 saturated carbocycles. The summed E-state index contributed by atoms with van der Waals surface area (Å²) in [5, 5.41) is 0. The van der Waals surface area contributed by atoms with Crippen molar-refractivity contribution in [2.45, 2.75) is 76.3 Å². The van der Waals surface area contributed by atoms with Crippen LogP contribution < -0.4 is 5.46 Å². The zero-order valence-electron chi connectivity index (χ0n) is 27.6. The number of fused-ring (bicyclic) bond motifs is 5. The Morgan fingerprint density at radius 1 is 0.818 bits per heavy atom. The van der Waals surface area contributed by atoms with Crippen LogP contribution >= 0.6 is 0 Å². The highest BCUT2D eigenvalue weighted by atomic mass is 16.7. The van der Waals surface area contributed by atoms with Crippen LogP contribution in [0, 0.1) is 0 Å². The predicted octanol–water partition coefficient (Wildman–Crippen LogP) is 6.88. The van der Waals surface area contributed by atoms with E-state index in [2.05, 4.69) is 0 Å². The first kappa shape index (κ1) is 14.1. The molecule has 2 aliphatic carbocycles. The minimum Gasteiger partial charge on any atom is -0.399 e. The maximum atomic E-state index is 9.20. The zero-order valence-corrected chi connectivity index (χ0v) is 19.6. The Labute approximate surface area is 209 Å². The number of benzene rings is 3. The van der Waals surface area contributed by atoms with E-state index in [0.29, 0.717) is 23.1 Å². The van der Waals surface area contributed by atoms with Crippen molar-refractivity contribution in [3.05, 3.63) is 77.8 Å². The third-order valence-corrected chi connectivity index (χ3v) is 7.60. The molecule has 168 valence electrons. The van der Waals surface area contributed by atoms with Gasteiger partial charge in [-0.15, -0.1) is 0 Å². The summed E-state index contributed by atoms with van der Waals surface area (Å²) in [5.41, 5.74) is 0.136. The summed E-state index contributed by atoms with van der Waals surface area (Å²) in [4.78, 5) is 0. The van der Waals surface area contributed by atoms with Crippen LogP contribution in [0.2, 0.25) is 0 Å². The molecule has 6 rings (SSSR count). The van der Waals surface area contributed by atoms with Gasteiger partial charge >= 0.3 is 7.12 Å². The summed E-state index contributed by atoms with van der Waals surface area (Å²) >= 11 is 0. The Balaban J connectivity index is 1.61. The Kier molecular flexibility index (Phi) is 3.14. The summed E-state index contributed by atoms with van der Waals surface area (Å²) in [7, 11) is -1.07. The highest BCUT2D eigenvalue weighted by molar-refractivity contribution is 6.62. The van der Waals surface area contributed by atoms with Crippen LogP contribution in [-0.2, 0) is 14.7 Å². The fourth-order valence-corrected chi connectivity index (χ4v) is 5.10. The van der Waals surface area contributed by atoms with Gasteiger partial charge in [0.2, 0.25) is 0 Å². The van der Waals surface area contributed by atoms with Crippen LogP contribution in [0.25, 0.3) is 22.3 Å². The SMILES string of the molecule is [2H]c1c([2H])c(B2OC(C)(C)C(C)(C)O2)c([2H])c(-c2ccc3c(c2)C2(c4ccccc4-3)C([2H])([2H])CCCC2([2H])[2H])c1[2H]. The van der Waals surface area contributed by atoms with Crippen LogP contribution in [0.15, 0.2) is 66.6 Å². The minimum atomic E-state index is -1.90. The average Bonchev–Trinajstić information content (AvgIpc) is 3.29. The second-order valence-electron chi connectivity index (χ2n) is 10.1. The topological polar surface area (TPSA) is 18.5 Å². The van der Waals surface area contributed by atoms with Gasteiger partial charge in [-0.05, 0) is 85.4 Å². The molecule has 0 N–H and O–H groups in total. The van der Waals surface area contributed by atoms with Crippen molar-refractivity contribution in [1.29, 1.82) is 0 Å². The first-order valence-corrected chi connectivity index (χ1v) is 11.7. The van der Waals surface area contributed by atoms with Crippen LogP contribution in [0.5, 0.6) is 0 Å². The summed E-state index contributed by atoms with van der Waals surface area (Å²) < 4.78 is 84.3. The largest absolute Gasteiger partial charge is 0.494 e. The van der Waals surface area contributed by atoms with Crippen LogP contribution in [0.4, 0.5) is 0 Å². The standard InChI is InChI=1S/C30H33BO2/c1-28(2)29(3,4)33-31(32-28)23-12-10-11-21(19-23)22-15-16-25-24-13-6-7-14-26(24)30(27(25)20-22)17-8-5-9-18-30/h6-7,10-16,19-20H,5,8-9,17-18H2,1-4H3/i10D,11D,12D,17D2,18D2,19D. The molecule has 3 aliphatic rings. The van der Waals surface area contributed by atoms with E-state index in [1.807, 2.05) is 58.0 Å². The van der Waals surface area contributed by atoms with Crippen LogP contribution in [0.1, 0.15) is 81.8 Å². The predicted molar refractivity (Wildman–Crippen MR) is 137 cm³/mol. The van der Waals surface area contributed by atoms with Crippen LogP contribution in [0.3, 0.4) is 0 Å². The van der Waals surface area contributed by atoms with Crippen molar-refractivity contribution < 1.29 is 20.3 Å². The molecule has 0 amide bonds. The first-order valence-electron chi connectivity index (χ1n) is 15.7. The lowest BCUT2D eigenvalue weighted by Crippen LogP contribution is -2.41. The highest BCUT2D eigenvalue weighted by Gasteiger charge is 2.51. The van der Waals surface area contributed by atoms with E-state index in [4.69, 9.17) is 13.4 Å².